The summed E-state index contributed by atoms with van der Waals surface area (Å²) in [5.41, 5.74) is 0.485. The van der Waals surface area contributed by atoms with Crippen LogP contribution in [0.15, 0.2) is 22.7 Å². The zero-order chi connectivity index (χ0) is 9.14. The monoisotopic (exact) mass is 234 g/mol. The Labute approximate surface area is 77.8 Å². The molecule has 0 bridgehead atoms. The fourth-order valence-corrected chi connectivity index (χ4v) is 1.49. The standard InChI is InChI=1S/C8H8BrFO2/c9-7-3-5(10)1-2-6(7)8(12)4-11/h1-3,8,11-12H,4H2. The van der Waals surface area contributed by atoms with E-state index in [1.54, 1.807) is 0 Å². The van der Waals surface area contributed by atoms with E-state index in [0.717, 1.165) is 0 Å². The fourth-order valence-electron chi connectivity index (χ4n) is 0.870. The molecule has 0 saturated carbocycles. The molecular formula is C8H8BrFO2. The Morgan fingerprint density at radius 2 is 2.17 bits per heavy atom. The van der Waals surface area contributed by atoms with Crippen LogP contribution in [0.4, 0.5) is 4.39 Å². The molecule has 0 amide bonds. The van der Waals surface area contributed by atoms with Crippen molar-refractivity contribution in [3.8, 4) is 0 Å². The molecule has 0 aromatic heterocycles. The van der Waals surface area contributed by atoms with Crippen molar-refractivity contribution in [1.29, 1.82) is 0 Å². The molecule has 0 radical (unpaired) electrons. The van der Waals surface area contributed by atoms with Crippen LogP contribution in [0.2, 0.25) is 0 Å². The van der Waals surface area contributed by atoms with E-state index >= 15 is 0 Å². The van der Waals surface area contributed by atoms with Gasteiger partial charge in [0.1, 0.15) is 11.9 Å². The number of benzene rings is 1. The van der Waals surface area contributed by atoms with Crippen LogP contribution in [-0.2, 0) is 0 Å². The highest BCUT2D eigenvalue weighted by atomic mass is 79.9. The van der Waals surface area contributed by atoms with Crippen LogP contribution in [0.3, 0.4) is 0 Å². The maximum Gasteiger partial charge on any atom is 0.124 e. The minimum atomic E-state index is -0.958. The van der Waals surface area contributed by atoms with Crippen molar-refractivity contribution >= 4 is 15.9 Å². The highest BCUT2D eigenvalue weighted by Gasteiger charge is 2.09. The highest BCUT2D eigenvalue weighted by molar-refractivity contribution is 9.10. The summed E-state index contributed by atoms with van der Waals surface area (Å²) >= 11 is 3.08. The van der Waals surface area contributed by atoms with Gasteiger partial charge in [0.15, 0.2) is 0 Å². The van der Waals surface area contributed by atoms with Gasteiger partial charge >= 0.3 is 0 Å². The first-order valence-electron chi connectivity index (χ1n) is 3.39. The van der Waals surface area contributed by atoms with Crippen LogP contribution in [-0.4, -0.2) is 16.8 Å². The summed E-state index contributed by atoms with van der Waals surface area (Å²) in [6, 6.07) is 3.91. The van der Waals surface area contributed by atoms with E-state index in [0.29, 0.717) is 10.0 Å². The summed E-state index contributed by atoms with van der Waals surface area (Å²) < 4.78 is 13.0. The van der Waals surface area contributed by atoms with Gasteiger partial charge in [0, 0.05) is 4.47 Å². The number of aliphatic hydroxyl groups is 2. The van der Waals surface area contributed by atoms with E-state index in [-0.39, 0.29) is 12.4 Å². The number of hydrogen-bond donors (Lipinski definition) is 2. The van der Waals surface area contributed by atoms with E-state index in [9.17, 15) is 9.50 Å². The summed E-state index contributed by atoms with van der Waals surface area (Å²) in [6.45, 7) is -0.371. The van der Waals surface area contributed by atoms with E-state index in [4.69, 9.17) is 5.11 Å². The summed E-state index contributed by atoms with van der Waals surface area (Å²) in [7, 11) is 0. The Bertz CT molecular complexity index is 278. The third-order valence-electron chi connectivity index (χ3n) is 1.49. The second-order valence-corrected chi connectivity index (χ2v) is 3.22. The van der Waals surface area contributed by atoms with Gasteiger partial charge in [0.25, 0.3) is 0 Å². The smallest absolute Gasteiger partial charge is 0.124 e. The fraction of sp³-hybridized carbons (Fsp3) is 0.250. The molecule has 0 spiro atoms. The summed E-state index contributed by atoms with van der Waals surface area (Å²) in [5.74, 6) is -0.379. The predicted molar refractivity (Wildman–Crippen MR) is 46.1 cm³/mol. The molecule has 1 rings (SSSR count). The molecule has 12 heavy (non-hydrogen) atoms. The average Bonchev–Trinajstić information content (AvgIpc) is 2.03. The molecular weight excluding hydrogens is 227 g/mol. The third kappa shape index (κ3) is 2.03. The molecule has 1 aromatic rings. The second kappa shape index (κ2) is 3.98. The van der Waals surface area contributed by atoms with E-state index in [1.165, 1.54) is 18.2 Å². The normalized spacial score (nSPS) is 13.0. The lowest BCUT2D eigenvalue weighted by Gasteiger charge is -2.08. The van der Waals surface area contributed by atoms with Gasteiger partial charge in [0.05, 0.1) is 6.61 Å². The van der Waals surface area contributed by atoms with Crippen molar-refractivity contribution in [3.05, 3.63) is 34.1 Å². The Kier molecular flexibility index (Phi) is 3.20. The van der Waals surface area contributed by atoms with Gasteiger partial charge in [-0.15, -0.1) is 0 Å². The van der Waals surface area contributed by atoms with Crippen LogP contribution in [0, 0.1) is 5.82 Å². The topological polar surface area (TPSA) is 40.5 Å². The van der Waals surface area contributed by atoms with Crippen molar-refractivity contribution in [3.63, 3.8) is 0 Å². The summed E-state index contributed by atoms with van der Waals surface area (Å²) in [4.78, 5) is 0. The second-order valence-electron chi connectivity index (χ2n) is 2.36. The number of rotatable bonds is 2. The van der Waals surface area contributed by atoms with Crippen LogP contribution in [0.1, 0.15) is 11.7 Å². The largest absolute Gasteiger partial charge is 0.393 e. The van der Waals surface area contributed by atoms with Gasteiger partial charge in [0.2, 0.25) is 0 Å². The maximum atomic E-state index is 12.5. The first-order chi connectivity index (χ1) is 5.65. The minimum absolute atomic E-state index is 0.371. The van der Waals surface area contributed by atoms with E-state index in [2.05, 4.69) is 15.9 Å². The summed E-state index contributed by atoms with van der Waals surface area (Å²) in [5, 5.41) is 17.8. The van der Waals surface area contributed by atoms with Gasteiger partial charge in [-0.1, -0.05) is 22.0 Å². The lowest BCUT2D eigenvalue weighted by Crippen LogP contribution is -2.03. The Morgan fingerprint density at radius 3 is 2.67 bits per heavy atom. The van der Waals surface area contributed by atoms with Gasteiger partial charge in [-0.25, -0.2) is 4.39 Å². The lowest BCUT2D eigenvalue weighted by atomic mass is 10.1. The Balaban J connectivity index is 3.01. The number of halogens is 2. The molecule has 2 nitrogen and oxygen atoms in total. The van der Waals surface area contributed by atoms with Crippen LogP contribution < -0.4 is 0 Å². The molecule has 2 N–H and O–H groups in total. The molecule has 1 aromatic carbocycles. The van der Waals surface area contributed by atoms with Gasteiger partial charge in [-0.2, -0.15) is 0 Å². The molecule has 0 saturated heterocycles. The molecule has 66 valence electrons. The maximum absolute atomic E-state index is 12.5. The van der Waals surface area contributed by atoms with Gasteiger partial charge in [-0.05, 0) is 17.7 Å². The molecule has 0 aliphatic heterocycles. The third-order valence-corrected chi connectivity index (χ3v) is 2.18. The van der Waals surface area contributed by atoms with Crippen LogP contribution >= 0.6 is 15.9 Å². The Hall–Kier alpha value is -0.450. The SMILES string of the molecule is OCC(O)c1ccc(F)cc1Br. The summed E-state index contributed by atoms with van der Waals surface area (Å²) in [6.07, 6.45) is -0.958. The molecule has 1 unspecified atom stereocenters. The van der Waals surface area contributed by atoms with Crippen molar-refractivity contribution < 1.29 is 14.6 Å². The minimum Gasteiger partial charge on any atom is -0.393 e. The van der Waals surface area contributed by atoms with E-state index < -0.39 is 6.10 Å². The molecule has 4 heteroatoms. The zero-order valence-corrected chi connectivity index (χ0v) is 7.75. The average molecular weight is 235 g/mol. The van der Waals surface area contributed by atoms with Crippen molar-refractivity contribution in [2.24, 2.45) is 0 Å². The number of hydrogen-bond acceptors (Lipinski definition) is 2. The highest BCUT2D eigenvalue weighted by Crippen LogP contribution is 2.23. The van der Waals surface area contributed by atoms with Crippen molar-refractivity contribution in [2.75, 3.05) is 6.61 Å². The van der Waals surface area contributed by atoms with E-state index in [1.807, 2.05) is 0 Å². The van der Waals surface area contributed by atoms with Gasteiger partial charge < -0.3 is 10.2 Å². The molecule has 0 aliphatic carbocycles. The first-order valence-corrected chi connectivity index (χ1v) is 4.18. The van der Waals surface area contributed by atoms with Gasteiger partial charge in [-0.3, -0.25) is 0 Å². The predicted octanol–water partition coefficient (Wildman–Crippen LogP) is 1.61. The Morgan fingerprint density at radius 1 is 1.50 bits per heavy atom. The molecule has 0 aliphatic rings. The lowest BCUT2D eigenvalue weighted by molar-refractivity contribution is 0.0950. The van der Waals surface area contributed by atoms with Crippen LogP contribution in [0.25, 0.3) is 0 Å². The van der Waals surface area contributed by atoms with Crippen molar-refractivity contribution in [2.45, 2.75) is 6.10 Å². The molecule has 1 atom stereocenters. The van der Waals surface area contributed by atoms with Crippen LogP contribution in [0.5, 0.6) is 0 Å². The quantitative estimate of drug-likeness (QED) is 0.817. The number of aliphatic hydroxyl groups excluding tert-OH is 2. The molecule has 0 heterocycles. The zero-order valence-electron chi connectivity index (χ0n) is 6.17. The van der Waals surface area contributed by atoms with Crippen molar-refractivity contribution in [1.82, 2.24) is 0 Å². The first kappa shape index (κ1) is 9.64. The molecule has 0 fully saturated rings.